The summed E-state index contributed by atoms with van der Waals surface area (Å²) in [6.07, 6.45) is 2.90. The molecule has 0 radical (unpaired) electrons. The molecule has 0 aliphatic carbocycles. The second kappa shape index (κ2) is 13.5. The van der Waals surface area contributed by atoms with Gasteiger partial charge in [-0.25, -0.2) is 9.97 Å². The Morgan fingerprint density at radius 3 is 2.65 bits per heavy atom. The number of likely N-dealkylation sites (N-methyl/N-ethyl adjacent to an activating group) is 1. The maximum atomic E-state index is 13.3. The molecule has 10 heteroatoms. The van der Waals surface area contributed by atoms with Crippen LogP contribution in [0.5, 0.6) is 5.75 Å². The Kier molecular flexibility index (Phi) is 10.1. The molecule has 2 aromatic rings. The standard InChI is InChI=1S/C27H37ClN4O5/c1-17-24(9-19-5-8-36-15-19)31-26(32-25(17)27(34)30-13-18-3-6-35-7-4-18)20-10-21(28)12-23(11-20)37-16-22(33)14-29-2/h10-12,18-19,22,29,33H,3-9,13-16H2,1-2H3,(H,30,34)/t19-,22?/m0/s1. The van der Waals surface area contributed by atoms with E-state index in [1.165, 1.54) is 0 Å². The number of aliphatic hydroxyl groups excluding tert-OH is 1. The van der Waals surface area contributed by atoms with Crippen molar-refractivity contribution in [2.75, 3.05) is 53.2 Å². The minimum atomic E-state index is -0.658. The SMILES string of the molecule is CNCC(O)COc1cc(Cl)cc(-c2nc(C[C@@H]3CCOC3)c(C)c(C(=O)NCC3CCOCC3)n2)c1. The molecule has 2 saturated heterocycles. The number of aromatic nitrogens is 2. The topological polar surface area (TPSA) is 115 Å². The lowest BCUT2D eigenvalue weighted by Crippen LogP contribution is -2.33. The first kappa shape index (κ1) is 27.7. The lowest BCUT2D eigenvalue weighted by molar-refractivity contribution is 0.0642. The highest BCUT2D eigenvalue weighted by atomic mass is 35.5. The van der Waals surface area contributed by atoms with Crippen LogP contribution in [0.3, 0.4) is 0 Å². The Hall–Kier alpha value is -2.30. The van der Waals surface area contributed by atoms with Crippen LogP contribution in [0, 0.1) is 18.8 Å². The number of hydrogen-bond acceptors (Lipinski definition) is 8. The number of aliphatic hydroxyl groups is 1. The molecule has 2 fully saturated rings. The van der Waals surface area contributed by atoms with Crippen LogP contribution in [-0.4, -0.2) is 80.3 Å². The molecule has 1 unspecified atom stereocenters. The monoisotopic (exact) mass is 532 g/mol. The third-order valence-corrected chi connectivity index (χ3v) is 7.09. The molecule has 202 valence electrons. The quantitative estimate of drug-likeness (QED) is 0.405. The van der Waals surface area contributed by atoms with Crippen molar-refractivity contribution >= 4 is 17.5 Å². The molecule has 2 atom stereocenters. The van der Waals surface area contributed by atoms with Crippen LogP contribution in [0.2, 0.25) is 5.02 Å². The number of rotatable bonds is 11. The van der Waals surface area contributed by atoms with Crippen molar-refractivity contribution in [3.8, 4) is 17.1 Å². The fourth-order valence-electron chi connectivity index (χ4n) is 4.66. The van der Waals surface area contributed by atoms with Gasteiger partial charge in [0.05, 0.1) is 0 Å². The van der Waals surface area contributed by atoms with Crippen LogP contribution < -0.4 is 15.4 Å². The lowest BCUT2D eigenvalue weighted by atomic mass is 9.98. The molecule has 9 nitrogen and oxygen atoms in total. The summed E-state index contributed by atoms with van der Waals surface area (Å²) in [6, 6.07) is 5.23. The average molecular weight is 533 g/mol. The van der Waals surface area contributed by atoms with Gasteiger partial charge in [-0.05, 0) is 69.7 Å². The first-order valence-corrected chi connectivity index (χ1v) is 13.4. The molecule has 2 aliphatic heterocycles. The van der Waals surface area contributed by atoms with E-state index in [1.807, 2.05) is 6.92 Å². The Balaban J connectivity index is 1.61. The highest BCUT2D eigenvalue weighted by molar-refractivity contribution is 6.31. The van der Waals surface area contributed by atoms with E-state index < -0.39 is 6.10 Å². The Labute approximate surface area is 223 Å². The van der Waals surface area contributed by atoms with E-state index in [-0.39, 0.29) is 12.5 Å². The second-order valence-electron chi connectivity index (χ2n) is 9.87. The van der Waals surface area contributed by atoms with Crippen LogP contribution >= 0.6 is 11.6 Å². The Morgan fingerprint density at radius 1 is 1.16 bits per heavy atom. The number of nitrogens with zero attached hydrogens (tertiary/aromatic N) is 2. The predicted molar refractivity (Wildman–Crippen MR) is 141 cm³/mol. The summed E-state index contributed by atoms with van der Waals surface area (Å²) >= 11 is 6.41. The van der Waals surface area contributed by atoms with E-state index >= 15 is 0 Å². The second-order valence-corrected chi connectivity index (χ2v) is 10.3. The number of hydrogen-bond donors (Lipinski definition) is 3. The molecule has 2 aliphatic rings. The van der Waals surface area contributed by atoms with E-state index in [9.17, 15) is 9.90 Å². The molecule has 3 heterocycles. The summed E-state index contributed by atoms with van der Waals surface area (Å²) in [5, 5.41) is 16.5. The van der Waals surface area contributed by atoms with Crippen LogP contribution in [0.25, 0.3) is 11.4 Å². The van der Waals surface area contributed by atoms with E-state index in [0.29, 0.717) is 65.8 Å². The third kappa shape index (κ3) is 7.85. The summed E-state index contributed by atoms with van der Waals surface area (Å²) < 4.78 is 16.8. The Bertz CT molecular complexity index is 1060. The highest BCUT2D eigenvalue weighted by Crippen LogP contribution is 2.29. The van der Waals surface area contributed by atoms with Gasteiger partial charge in [-0.1, -0.05) is 11.6 Å². The fourth-order valence-corrected chi connectivity index (χ4v) is 4.89. The number of nitrogens with one attached hydrogen (secondary N) is 2. The van der Waals surface area contributed by atoms with Crippen LogP contribution in [-0.2, 0) is 15.9 Å². The molecule has 1 aromatic heterocycles. The zero-order chi connectivity index (χ0) is 26.2. The van der Waals surface area contributed by atoms with Gasteiger partial charge < -0.3 is 30.0 Å². The number of amides is 1. The minimum Gasteiger partial charge on any atom is -0.491 e. The van der Waals surface area contributed by atoms with Gasteiger partial charge in [0.15, 0.2) is 5.82 Å². The molecule has 0 spiro atoms. The average Bonchev–Trinajstić information content (AvgIpc) is 3.41. The van der Waals surface area contributed by atoms with Crippen molar-refractivity contribution in [3.05, 3.63) is 40.2 Å². The first-order chi connectivity index (χ1) is 17.9. The summed E-state index contributed by atoms with van der Waals surface area (Å²) in [7, 11) is 1.77. The van der Waals surface area contributed by atoms with Gasteiger partial charge in [-0.2, -0.15) is 0 Å². The first-order valence-electron chi connectivity index (χ1n) is 13.0. The van der Waals surface area contributed by atoms with Crippen LogP contribution in [0.4, 0.5) is 0 Å². The highest BCUT2D eigenvalue weighted by Gasteiger charge is 2.24. The van der Waals surface area contributed by atoms with Gasteiger partial charge in [0.25, 0.3) is 5.91 Å². The summed E-state index contributed by atoms with van der Waals surface area (Å²) in [6.45, 7) is 5.93. The zero-order valence-electron chi connectivity index (χ0n) is 21.6. The van der Waals surface area contributed by atoms with Gasteiger partial charge in [0.2, 0.25) is 0 Å². The molecule has 0 bridgehead atoms. The van der Waals surface area contributed by atoms with Crippen molar-refractivity contribution in [2.24, 2.45) is 11.8 Å². The van der Waals surface area contributed by atoms with E-state index in [1.54, 1.807) is 25.2 Å². The molecule has 4 rings (SSSR count). The van der Waals surface area contributed by atoms with Gasteiger partial charge in [-0.3, -0.25) is 4.79 Å². The van der Waals surface area contributed by atoms with Gasteiger partial charge in [0, 0.05) is 61.4 Å². The van der Waals surface area contributed by atoms with Crippen molar-refractivity contribution in [1.82, 2.24) is 20.6 Å². The third-order valence-electron chi connectivity index (χ3n) is 6.87. The summed E-state index contributed by atoms with van der Waals surface area (Å²) in [4.78, 5) is 22.9. The fraction of sp³-hybridized carbons (Fsp3) is 0.593. The Morgan fingerprint density at radius 2 is 1.92 bits per heavy atom. The van der Waals surface area contributed by atoms with Gasteiger partial charge in [0.1, 0.15) is 24.2 Å². The summed E-state index contributed by atoms with van der Waals surface area (Å²) in [5.74, 6) is 1.47. The number of halogens is 1. The maximum absolute atomic E-state index is 13.3. The molecule has 37 heavy (non-hydrogen) atoms. The number of carbonyl (C=O) groups is 1. The zero-order valence-corrected chi connectivity index (χ0v) is 22.4. The molecular formula is C27H37ClN4O5. The van der Waals surface area contributed by atoms with Gasteiger partial charge >= 0.3 is 0 Å². The normalized spacial score (nSPS) is 19.1. The summed E-state index contributed by atoms with van der Waals surface area (Å²) in [5.41, 5.74) is 2.64. The van der Waals surface area contributed by atoms with Crippen molar-refractivity contribution in [3.63, 3.8) is 0 Å². The van der Waals surface area contributed by atoms with E-state index in [0.717, 1.165) is 50.3 Å². The largest absolute Gasteiger partial charge is 0.491 e. The number of benzene rings is 1. The molecule has 1 amide bonds. The molecule has 3 N–H and O–H groups in total. The lowest BCUT2D eigenvalue weighted by Gasteiger charge is -2.22. The van der Waals surface area contributed by atoms with Crippen molar-refractivity contribution < 1.29 is 24.1 Å². The van der Waals surface area contributed by atoms with E-state index in [4.69, 9.17) is 35.8 Å². The minimum absolute atomic E-state index is 0.113. The molecule has 0 saturated carbocycles. The molecule has 1 aromatic carbocycles. The van der Waals surface area contributed by atoms with E-state index in [2.05, 4.69) is 10.6 Å². The maximum Gasteiger partial charge on any atom is 0.270 e. The van der Waals surface area contributed by atoms with Gasteiger partial charge in [-0.15, -0.1) is 0 Å². The van der Waals surface area contributed by atoms with Crippen molar-refractivity contribution in [2.45, 2.75) is 38.7 Å². The van der Waals surface area contributed by atoms with Crippen LogP contribution in [0.1, 0.15) is 41.0 Å². The smallest absolute Gasteiger partial charge is 0.270 e. The predicted octanol–water partition coefficient (Wildman–Crippen LogP) is 2.80. The number of carbonyl (C=O) groups excluding carboxylic acids is 1. The van der Waals surface area contributed by atoms with Crippen LogP contribution in [0.15, 0.2) is 18.2 Å². The van der Waals surface area contributed by atoms with Crippen molar-refractivity contribution in [1.29, 1.82) is 0 Å². The molecular weight excluding hydrogens is 496 g/mol. The number of ether oxygens (including phenoxy) is 3.